The van der Waals surface area contributed by atoms with Gasteiger partial charge >= 0.3 is 5.97 Å². The Morgan fingerprint density at radius 2 is 2.10 bits per heavy atom. The Morgan fingerprint density at radius 3 is 2.20 bits per heavy atom. The normalized spacial score (nSPS) is 12.7. The molecule has 0 aliphatic rings. The highest BCUT2D eigenvalue weighted by Crippen LogP contribution is 2.00. The highest BCUT2D eigenvalue weighted by molar-refractivity contribution is 5.73. The fraction of sp³-hybridized carbons (Fsp3) is 0.800. The van der Waals surface area contributed by atoms with Crippen molar-refractivity contribution in [1.82, 2.24) is 5.43 Å². The Kier molecular flexibility index (Phi) is 3.38. The number of nitrogens with one attached hydrogen (secondary N) is 1. The van der Waals surface area contributed by atoms with Gasteiger partial charge in [-0.05, 0) is 5.92 Å². The molecule has 0 fully saturated rings. The molecule has 0 saturated heterocycles. The van der Waals surface area contributed by atoms with Crippen LogP contribution in [-0.4, -0.2) is 17.1 Å². The van der Waals surface area contributed by atoms with Crippen molar-refractivity contribution in [2.24, 2.45) is 11.2 Å². The van der Waals surface area contributed by atoms with Crippen LogP contribution in [0.5, 0.6) is 0 Å². The summed E-state index contributed by atoms with van der Waals surface area (Å²) in [6.07, 6.45) is 0. The summed E-state index contributed by atoms with van der Waals surface area (Å²) >= 11 is 0. The van der Waals surface area contributed by atoms with Gasteiger partial charge in [0.05, 0.1) is 5.29 Å². The van der Waals surface area contributed by atoms with Gasteiger partial charge in [-0.25, -0.2) is 4.79 Å². The van der Waals surface area contributed by atoms with Crippen LogP contribution in [0.1, 0.15) is 13.8 Å². The van der Waals surface area contributed by atoms with Crippen molar-refractivity contribution in [3.05, 3.63) is 4.91 Å². The van der Waals surface area contributed by atoms with Gasteiger partial charge in [0, 0.05) is 0 Å². The molecule has 0 aromatic rings. The summed E-state index contributed by atoms with van der Waals surface area (Å²) in [5.74, 6) is -1.20. The molecule has 0 aliphatic heterocycles. The zero-order valence-corrected chi connectivity index (χ0v) is 5.87. The van der Waals surface area contributed by atoms with Crippen molar-refractivity contribution < 1.29 is 9.90 Å². The number of hydrogen-bond donors (Lipinski definition) is 2. The van der Waals surface area contributed by atoms with Crippen LogP contribution in [-0.2, 0) is 4.79 Å². The van der Waals surface area contributed by atoms with Crippen LogP contribution in [0.25, 0.3) is 0 Å². The summed E-state index contributed by atoms with van der Waals surface area (Å²) in [5.41, 5.74) is 1.95. The van der Waals surface area contributed by atoms with E-state index in [2.05, 4.69) is 5.29 Å². The zero-order valence-electron chi connectivity index (χ0n) is 5.87. The molecular weight excluding hydrogens is 136 g/mol. The summed E-state index contributed by atoms with van der Waals surface area (Å²) < 4.78 is 0. The van der Waals surface area contributed by atoms with E-state index in [1.807, 2.05) is 5.43 Å². The van der Waals surface area contributed by atoms with Crippen LogP contribution < -0.4 is 5.43 Å². The largest absolute Gasteiger partial charge is 0.480 e. The van der Waals surface area contributed by atoms with Gasteiger partial charge in [0.15, 0.2) is 0 Å². The number of rotatable bonds is 4. The van der Waals surface area contributed by atoms with E-state index in [-0.39, 0.29) is 5.92 Å². The lowest BCUT2D eigenvalue weighted by Crippen LogP contribution is -2.37. The molecule has 0 bridgehead atoms. The highest BCUT2D eigenvalue weighted by Gasteiger charge is 2.20. The summed E-state index contributed by atoms with van der Waals surface area (Å²) in [7, 11) is 0. The van der Waals surface area contributed by atoms with Gasteiger partial charge < -0.3 is 5.11 Å². The SMILES string of the molecule is CC(C)C(NN=O)C(=O)O. The van der Waals surface area contributed by atoms with Crippen LogP contribution in [0.2, 0.25) is 0 Å². The van der Waals surface area contributed by atoms with Crippen molar-refractivity contribution in [3.8, 4) is 0 Å². The number of hydrogen-bond acceptors (Lipinski definition) is 3. The van der Waals surface area contributed by atoms with Crippen LogP contribution in [0, 0.1) is 10.8 Å². The Morgan fingerprint density at radius 1 is 1.60 bits per heavy atom. The third-order valence-electron chi connectivity index (χ3n) is 1.12. The van der Waals surface area contributed by atoms with Gasteiger partial charge in [0.25, 0.3) is 0 Å². The molecule has 2 N–H and O–H groups in total. The fourth-order valence-electron chi connectivity index (χ4n) is 0.546. The van der Waals surface area contributed by atoms with E-state index in [1.54, 1.807) is 13.8 Å². The standard InChI is InChI=1S/C5H10N2O3/c1-3(2)4(5(8)9)6-7-10/h3-4H,1-2H3,(H,6,10)(H,8,9). The molecule has 58 valence electrons. The Bertz CT molecular complexity index is 135. The topological polar surface area (TPSA) is 78.8 Å². The minimum absolute atomic E-state index is 0.143. The van der Waals surface area contributed by atoms with Crippen molar-refractivity contribution in [2.45, 2.75) is 19.9 Å². The maximum atomic E-state index is 10.3. The van der Waals surface area contributed by atoms with Crippen molar-refractivity contribution in [3.63, 3.8) is 0 Å². The first-order valence-corrected chi connectivity index (χ1v) is 2.90. The van der Waals surface area contributed by atoms with Gasteiger partial charge in [-0.1, -0.05) is 13.8 Å². The number of carboxylic acids is 1. The lowest BCUT2D eigenvalue weighted by molar-refractivity contribution is -0.140. The molecule has 0 spiro atoms. The van der Waals surface area contributed by atoms with Crippen LogP contribution in [0.15, 0.2) is 5.29 Å². The third-order valence-corrected chi connectivity index (χ3v) is 1.12. The molecule has 0 heterocycles. The molecule has 0 rings (SSSR count). The van der Waals surface area contributed by atoms with Gasteiger partial charge in [-0.2, -0.15) is 0 Å². The van der Waals surface area contributed by atoms with E-state index in [1.165, 1.54) is 0 Å². The first-order chi connectivity index (χ1) is 4.59. The van der Waals surface area contributed by atoms with E-state index < -0.39 is 12.0 Å². The molecular formula is C5H10N2O3. The lowest BCUT2D eigenvalue weighted by atomic mass is 10.1. The van der Waals surface area contributed by atoms with E-state index in [0.717, 1.165) is 0 Å². The fourth-order valence-corrected chi connectivity index (χ4v) is 0.546. The molecule has 0 aliphatic carbocycles. The molecule has 0 amide bonds. The Hall–Kier alpha value is -1.13. The number of carboxylic acid groups (broad SMARTS) is 1. The first kappa shape index (κ1) is 8.87. The molecule has 1 atom stereocenters. The summed E-state index contributed by atoms with van der Waals surface area (Å²) in [5, 5.41) is 10.7. The summed E-state index contributed by atoms with van der Waals surface area (Å²) in [6.45, 7) is 3.38. The molecule has 0 aromatic heterocycles. The molecule has 5 nitrogen and oxygen atoms in total. The molecule has 0 saturated carbocycles. The minimum atomic E-state index is -1.06. The van der Waals surface area contributed by atoms with Gasteiger partial charge in [-0.15, -0.1) is 4.91 Å². The average Bonchev–Trinajstić information content (AvgIpc) is 1.81. The average molecular weight is 146 g/mol. The maximum absolute atomic E-state index is 10.3. The predicted molar refractivity (Wildman–Crippen MR) is 35.2 cm³/mol. The number of nitroso groups, excluding NO2 is 1. The highest BCUT2D eigenvalue weighted by atomic mass is 16.4. The second kappa shape index (κ2) is 3.81. The second-order valence-corrected chi connectivity index (χ2v) is 2.28. The van der Waals surface area contributed by atoms with E-state index >= 15 is 0 Å². The van der Waals surface area contributed by atoms with Crippen LogP contribution in [0.4, 0.5) is 0 Å². The number of nitrogens with zero attached hydrogens (tertiary/aromatic N) is 1. The van der Waals surface area contributed by atoms with Crippen LogP contribution in [0.3, 0.4) is 0 Å². The van der Waals surface area contributed by atoms with Gasteiger partial charge in [-0.3, -0.25) is 5.43 Å². The molecule has 0 aromatic carbocycles. The van der Waals surface area contributed by atoms with Gasteiger partial charge in [0.1, 0.15) is 6.04 Å². The van der Waals surface area contributed by atoms with Crippen molar-refractivity contribution in [1.29, 1.82) is 0 Å². The quantitative estimate of drug-likeness (QED) is 0.443. The number of carbonyl (C=O) groups is 1. The molecule has 10 heavy (non-hydrogen) atoms. The van der Waals surface area contributed by atoms with Crippen molar-refractivity contribution >= 4 is 5.97 Å². The first-order valence-electron chi connectivity index (χ1n) is 2.90. The molecule has 0 radical (unpaired) electrons. The summed E-state index contributed by atoms with van der Waals surface area (Å²) in [4.78, 5) is 19.9. The molecule has 1 unspecified atom stereocenters. The zero-order chi connectivity index (χ0) is 8.15. The minimum Gasteiger partial charge on any atom is -0.480 e. The van der Waals surface area contributed by atoms with E-state index in [0.29, 0.717) is 0 Å². The Balaban J connectivity index is 3.97. The van der Waals surface area contributed by atoms with Crippen molar-refractivity contribution in [2.75, 3.05) is 0 Å². The van der Waals surface area contributed by atoms with E-state index in [4.69, 9.17) is 5.11 Å². The second-order valence-electron chi connectivity index (χ2n) is 2.28. The predicted octanol–water partition coefficient (Wildman–Crippen LogP) is 0.367. The monoisotopic (exact) mass is 146 g/mol. The molecule has 5 heteroatoms. The van der Waals surface area contributed by atoms with E-state index in [9.17, 15) is 9.70 Å². The lowest BCUT2D eigenvalue weighted by Gasteiger charge is -2.12. The smallest absolute Gasteiger partial charge is 0.328 e. The maximum Gasteiger partial charge on any atom is 0.328 e. The third kappa shape index (κ3) is 2.43. The Labute approximate surface area is 58.4 Å². The summed E-state index contributed by atoms with van der Waals surface area (Å²) in [6, 6.07) is -0.877. The van der Waals surface area contributed by atoms with Gasteiger partial charge in [0.2, 0.25) is 0 Å². The number of aliphatic carboxylic acids is 1. The van der Waals surface area contributed by atoms with Crippen LogP contribution >= 0.6 is 0 Å².